The van der Waals surface area contributed by atoms with E-state index < -0.39 is 5.97 Å². The van der Waals surface area contributed by atoms with Crippen molar-refractivity contribution in [1.82, 2.24) is 10.5 Å². The molecule has 94 valence electrons. The minimum absolute atomic E-state index is 0.381. The van der Waals surface area contributed by atoms with Crippen molar-refractivity contribution in [2.45, 2.75) is 12.8 Å². The van der Waals surface area contributed by atoms with Crippen LogP contribution in [0.4, 0.5) is 0 Å². The third-order valence-corrected chi connectivity index (χ3v) is 2.58. The number of carbonyl (C=O) groups is 1. The average Bonchev–Trinajstić information content (AvgIpc) is 2.42. The monoisotopic (exact) mass is 246 g/mol. The Bertz CT molecular complexity index is 480. The number of nitrogens with one attached hydrogen (secondary N) is 1. The minimum atomic E-state index is -0.460. The van der Waals surface area contributed by atoms with Gasteiger partial charge in [0.1, 0.15) is 0 Å². The van der Waals surface area contributed by atoms with Crippen LogP contribution in [0.2, 0.25) is 0 Å². The zero-order valence-corrected chi connectivity index (χ0v) is 9.80. The Kier molecular flexibility index (Phi) is 4.09. The molecule has 0 aromatic carbocycles. The fraction of sp³-hybridized carbons (Fsp3) is 0.231. The van der Waals surface area contributed by atoms with E-state index in [0.717, 1.165) is 12.0 Å². The van der Waals surface area contributed by atoms with Gasteiger partial charge in [-0.1, -0.05) is 11.6 Å². The van der Waals surface area contributed by atoms with Crippen molar-refractivity contribution >= 4 is 5.97 Å². The molecule has 0 radical (unpaired) electrons. The SMILES string of the molecule is O=C(ONCC1=CC=C(O)CC1)c1cccnc1. The van der Waals surface area contributed by atoms with Crippen LogP contribution < -0.4 is 5.48 Å². The van der Waals surface area contributed by atoms with Gasteiger partial charge >= 0.3 is 5.97 Å². The van der Waals surface area contributed by atoms with Gasteiger partial charge in [-0.25, -0.2) is 4.79 Å². The molecule has 0 bridgehead atoms. The molecule has 1 aromatic rings. The molecular formula is C13H14N2O3. The summed E-state index contributed by atoms with van der Waals surface area (Å²) in [5.74, 6) is -0.0796. The molecule has 2 rings (SSSR count). The molecule has 0 saturated carbocycles. The van der Waals surface area contributed by atoms with Crippen LogP contribution in [-0.2, 0) is 4.84 Å². The van der Waals surface area contributed by atoms with Gasteiger partial charge in [-0.15, -0.1) is 5.48 Å². The quantitative estimate of drug-likeness (QED) is 0.794. The number of aromatic nitrogens is 1. The van der Waals surface area contributed by atoms with Crippen LogP contribution in [0.1, 0.15) is 23.2 Å². The van der Waals surface area contributed by atoms with Gasteiger partial charge in [0.15, 0.2) is 0 Å². The molecule has 0 amide bonds. The maximum absolute atomic E-state index is 11.5. The first-order valence-electron chi connectivity index (χ1n) is 5.67. The molecule has 1 aliphatic carbocycles. The second-order valence-corrected chi connectivity index (χ2v) is 3.94. The van der Waals surface area contributed by atoms with Crippen LogP contribution in [0.25, 0.3) is 0 Å². The van der Waals surface area contributed by atoms with Gasteiger partial charge in [0, 0.05) is 18.8 Å². The van der Waals surface area contributed by atoms with Gasteiger partial charge in [0.2, 0.25) is 0 Å². The van der Waals surface area contributed by atoms with Crippen LogP contribution in [0.3, 0.4) is 0 Å². The molecule has 5 nitrogen and oxygen atoms in total. The van der Waals surface area contributed by atoms with Gasteiger partial charge in [0.25, 0.3) is 0 Å². The van der Waals surface area contributed by atoms with E-state index in [1.54, 1.807) is 24.4 Å². The fourth-order valence-electron chi connectivity index (χ4n) is 1.55. The predicted octanol–water partition coefficient (Wildman–Crippen LogP) is 1.91. The zero-order valence-electron chi connectivity index (χ0n) is 9.80. The largest absolute Gasteiger partial charge is 0.512 e. The van der Waals surface area contributed by atoms with Crippen LogP contribution in [0, 0.1) is 0 Å². The van der Waals surface area contributed by atoms with E-state index in [-0.39, 0.29) is 0 Å². The summed E-state index contributed by atoms with van der Waals surface area (Å²) >= 11 is 0. The Hall–Kier alpha value is -2.14. The maximum Gasteiger partial charge on any atom is 0.358 e. The van der Waals surface area contributed by atoms with Crippen molar-refractivity contribution in [2.24, 2.45) is 0 Å². The van der Waals surface area contributed by atoms with Crippen LogP contribution in [-0.4, -0.2) is 22.6 Å². The number of nitrogens with zero attached hydrogens (tertiary/aromatic N) is 1. The summed E-state index contributed by atoms with van der Waals surface area (Å²) in [6.07, 6.45) is 7.91. The highest BCUT2D eigenvalue weighted by Crippen LogP contribution is 2.15. The van der Waals surface area contributed by atoms with Crippen molar-refractivity contribution in [1.29, 1.82) is 0 Å². The van der Waals surface area contributed by atoms with Gasteiger partial charge in [-0.2, -0.15) is 0 Å². The molecule has 0 saturated heterocycles. The van der Waals surface area contributed by atoms with Gasteiger partial charge < -0.3 is 9.94 Å². The van der Waals surface area contributed by atoms with Crippen LogP contribution in [0.5, 0.6) is 0 Å². The van der Waals surface area contributed by atoms with E-state index in [2.05, 4.69) is 10.5 Å². The second-order valence-electron chi connectivity index (χ2n) is 3.94. The highest BCUT2D eigenvalue weighted by molar-refractivity contribution is 5.88. The Morgan fingerprint density at radius 2 is 2.33 bits per heavy atom. The number of carbonyl (C=O) groups excluding carboxylic acids is 1. The zero-order chi connectivity index (χ0) is 12.8. The summed E-state index contributed by atoms with van der Waals surface area (Å²) in [5, 5.41) is 9.19. The third-order valence-electron chi connectivity index (χ3n) is 2.58. The highest BCUT2D eigenvalue weighted by Gasteiger charge is 2.08. The van der Waals surface area contributed by atoms with E-state index >= 15 is 0 Å². The summed E-state index contributed by atoms with van der Waals surface area (Å²) in [5.41, 5.74) is 4.09. The van der Waals surface area contributed by atoms with Gasteiger partial charge in [0.05, 0.1) is 17.9 Å². The first-order chi connectivity index (χ1) is 8.75. The summed E-state index contributed by atoms with van der Waals surface area (Å²) in [7, 11) is 0. The lowest BCUT2D eigenvalue weighted by Crippen LogP contribution is -2.22. The molecule has 0 unspecified atom stereocenters. The first kappa shape index (κ1) is 12.3. The van der Waals surface area contributed by atoms with E-state index in [0.29, 0.717) is 24.3 Å². The normalized spacial score (nSPS) is 14.7. The van der Waals surface area contributed by atoms with E-state index in [4.69, 9.17) is 4.84 Å². The number of rotatable bonds is 4. The smallest absolute Gasteiger partial charge is 0.358 e. The standard InChI is InChI=1S/C13H14N2O3/c16-12-5-3-10(4-6-12)8-15-18-13(17)11-2-1-7-14-9-11/h1-3,5,7,9,15-16H,4,6,8H2. The molecular weight excluding hydrogens is 232 g/mol. The Morgan fingerprint density at radius 3 is 3.00 bits per heavy atom. The Labute approximate surface area is 105 Å². The molecule has 0 atom stereocenters. The number of hydrogen-bond donors (Lipinski definition) is 2. The lowest BCUT2D eigenvalue weighted by molar-refractivity contribution is 0.0272. The van der Waals surface area contributed by atoms with Gasteiger partial charge in [-0.05, 0) is 24.6 Å². The van der Waals surface area contributed by atoms with Crippen molar-refractivity contribution in [2.75, 3.05) is 6.54 Å². The minimum Gasteiger partial charge on any atom is -0.512 e. The molecule has 2 N–H and O–H groups in total. The fourth-order valence-corrected chi connectivity index (χ4v) is 1.55. The van der Waals surface area contributed by atoms with E-state index in [9.17, 15) is 9.90 Å². The van der Waals surface area contributed by atoms with Crippen molar-refractivity contribution in [3.05, 3.63) is 53.6 Å². The summed E-state index contributed by atoms with van der Waals surface area (Å²) in [4.78, 5) is 20.3. The second kappa shape index (κ2) is 5.97. The number of aliphatic hydroxyl groups excluding tert-OH is 1. The molecule has 0 aliphatic heterocycles. The summed E-state index contributed by atoms with van der Waals surface area (Å²) in [6.45, 7) is 0.454. The maximum atomic E-state index is 11.5. The number of aliphatic hydroxyl groups is 1. The van der Waals surface area contributed by atoms with E-state index in [1.807, 2.05) is 6.08 Å². The lowest BCUT2D eigenvalue weighted by atomic mass is 10.0. The number of allylic oxidation sites excluding steroid dienone is 3. The van der Waals surface area contributed by atoms with Crippen molar-refractivity contribution in [3.8, 4) is 0 Å². The van der Waals surface area contributed by atoms with Crippen LogP contribution >= 0.6 is 0 Å². The van der Waals surface area contributed by atoms with Crippen molar-refractivity contribution in [3.63, 3.8) is 0 Å². The Morgan fingerprint density at radius 1 is 1.44 bits per heavy atom. The molecule has 1 aromatic heterocycles. The predicted molar refractivity (Wildman–Crippen MR) is 65.7 cm³/mol. The number of hydroxylamine groups is 1. The molecule has 0 fully saturated rings. The van der Waals surface area contributed by atoms with Crippen molar-refractivity contribution < 1.29 is 14.7 Å². The number of pyridine rings is 1. The number of hydrogen-bond acceptors (Lipinski definition) is 5. The van der Waals surface area contributed by atoms with Gasteiger partial charge in [-0.3, -0.25) is 4.98 Å². The topological polar surface area (TPSA) is 71.5 Å². The molecule has 18 heavy (non-hydrogen) atoms. The first-order valence-corrected chi connectivity index (χ1v) is 5.67. The van der Waals surface area contributed by atoms with Crippen LogP contribution in [0.15, 0.2) is 48.0 Å². The third kappa shape index (κ3) is 3.43. The highest BCUT2D eigenvalue weighted by atomic mass is 16.7. The van der Waals surface area contributed by atoms with E-state index in [1.165, 1.54) is 6.20 Å². The molecule has 5 heteroatoms. The molecule has 1 heterocycles. The Balaban J connectivity index is 1.78. The lowest BCUT2D eigenvalue weighted by Gasteiger charge is -2.11. The average molecular weight is 246 g/mol. The summed E-state index contributed by atoms with van der Waals surface area (Å²) in [6, 6.07) is 3.31. The molecule has 1 aliphatic rings. The molecule has 0 spiro atoms. The summed E-state index contributed by atoms with van der Waals surface area (Å²) < 4.78 is 0.